The molecular weight excluding hydrogens is 316 g/mol. The fourth-order valence-corrected chi connectivity index (χ4v) is 3.22. The van der Waals surface area contributed by atoms with Gasteiger partial charge in [-0.2, -0.15) is 0 Å². The Hall–Kier alpha value is -2.70. The summed E-state index contributed by atoms with van der Waals surface area (Å²) in [6.45, 7) is 4.50. The first-order chi connectivity index (χ1) is 12.2. The van der Waals surface area contributed by atoms with E-state index in [1.54, 1.807) is 12.4 Å². The molecule has 3 aromatic rings. The number of para-hydroxylation sites is 1. The fraction of sp³-hybridized carbons (Fsp3) is 0.263. The Labute approximate surface area is 145 Å². The number of carbonyl (C=O) groups is 1. The van der Waals surface area contributed by atoms with Crippen LogP contribution >= 0.6 is 0 Å². The van der Waals surface area contributed by atoms with Gasteiger partial charge in [-0.3, -0.25) is 14.3 Å². The molecule has 1 aliphatic rings. The fourth-order valence-electron chi connectivity index (χ4n) is 3.22. The quantitative estimate of drug-likeness (QED) is 0.790. The number of ether oxygens (including phenoxy) is 1. The topological polar surface area (TPSA) is 73.4 Å². The van der Waals surface area contributed by atoms with Gasteiger partial charge in [0, 0.05) is 25.3 Å². The second-order valence-corrected chi connectivity index (χ2v) is 6.21. The highest BCUT2D eigenvalue weighted by molar-refractivity contribution is 6.04. The van der Waals surface area contributed by atoms with Gasteiger partial charge in [0.25, 0.3) is 5.91 Å². The molecule has 128 valence electrons. The number of hydrogen-bond acceptors (Lipinski definition) is 4. The molecule has 0 spiro atoms. The van der Waals surface area contributed by atoms with Crippen LogP contribution in [0.15, 0.2) is 48.8 Å². The first-order valence-electron chi connectivity index (χ1n) is 8.37. The van der Waals surface area contributed by atoms with Gasteiger partial charge >= 0.3 is 0 Å². The number of benzene rings is 2. The molecule has 0 saturated carbocycles. The summed E-state index contributed by atoms with van der Waals surface area (Å²) < 4.78 is 7.36. The van der Waals surface area contributed by atoms with E-state index in [-0.39, 0.29) is 0 Å². The van der Waals surface area contributed by atoms with Crippen LogP contribution in [0.3, 0.4) is 0 Å². The molecule has 0 atom stereocenters. The number of amides is 1. The Morgan fingerprint density at radius 3 is 2.60 bits per heavy atom. The Bertz CT molecular complexity index is 895. The maximum absolute atomic E-state index is 11.6. The van der Waals surface area contributed by atoms with Crippen molar-refractivity contribution in [1.29, 1.82) is 0 Å². The molecule has 25 heavy (non-hydrogen) atoms. The zero-order valence-electron chi connectivity index (χ0n) is 13.9. The minimum atomic E-state index is -0.461. The van der Waals surface area contributed by atoms with E-state index < -0.39 is 5.91 Å². The van der Waals surface area contributed by atoms with Crippen molar-refractivity contribution in [2.24, 2.45) is 5.73 Å². The van der Waals surface area contributed by atoms with Gasteiger partial charge < -0.3 is 10.5 Å². The molecule has 1 saturated heterocycles. The van der Waals surface area contributed by atoms with Gasteiger partial charge in [0.2, 0.25) is 0 Å². The van der Waals surface area contributed by atoms with Crippen LogP contribution in [0.2, 0.25) is 0 Å². The molecule has 4 rings (SSSR count). The lowest BCUT2D eigenvalue weighted by Gasteiger charge is -2.26. The molecule has 0 unspecified atom stereocenters. The lowest BCUT2D eigenvalue weighted by Crippen LogP contribution is -2.35. The summed E-state index contributed by atoms with van der Waals surface area (Å²) in [4.78, 5) is 18.3. The molecule has 1 fully saturated rings. The number of primary amides is 1. The van der Waals surface area contributed by atoms with E-state index in [0.717, 1.165) is 44.1 Å². The van der Waals surface area contributed by atoms with Crippen molar-refractivity contribution in [2.45, 2.75) is 6.54 Å². The maximum Gasteiger partial charge on any atom is 0.250 e. The number of nitrogens with zero attached hydrogens (tertiary/aromatic N) is 3. The third-order valence-electron chi connectivity index (χ3n) is 4.57. The SMILES string of the molecule is NC(=O)c1cccc2c1ncn2-c1ccc(CN2CCOCC2)cc1. The van der Waals surface area contributed by atoms with Crippen molar-refractivity contribution >= 4 is 16.9 Å². The molecule has 2 aromatic carbocycles. The van der Waals surface area contributed by atoms with Crippen molar-refractivity contribution in [3.8, 4) is 5.69 Å². The number of imidazole rings is 1. The standard InChI is InChI=1S/C19H20N4O2/c20-19(24)16-2-1-3-17-18(16)21-13-23(17)15-6-4-14(5-7-15)12-22-8-10-25-11-9-22/h1-7,13H,8-12H2,(H2,20,24). The van der Waals surface area contributed by atoms with Crippen LogP contribution in [0.4, 0.5) is 0 Å². The lowest BCUT2D eigenvalue weighted by atomic mass is 10.1. The van der Waals surface area contributed by atoms with Crippen LogP contribution < -0.4 is 5.73 Å². The first-order valence-corrected chi connectivity index (χ1v) is 8.37. The Morgan fingerprint density at radius 1 is 1.12 bits per heavy atom. The van der Waals surface area contributed by atoms with Gasteiger partial charge in [-0.15, -0.1) is 0 Å². The minimum absolute atomic E-state index is 0.445. The molecule has 0 radical (unpaired) electrons. The summed E-state index contributed by atoms with van der Waals surface area (Å²) in [5, 5.41) is 0. The third kappa shape index (κ3) is 3.14. The minimum Gasteiger partial charge on any atom is -0.379 e. The average Bonchev–Trinajstić information content (AvgIpc) is 3.07. The van der Waals surface area contributed by atoms with Gasteiger partial charge in [-0.05, 0) is 29.8 Å². The number of aromatic nitrogens is 2. The number of hydrogen-bond donors (Lipinski definition) is 1. The largest absolute Gasteiger partial charge is 0.379 e. The second kappa shape index (κ2) is 6.66. The van der Waals surface area contributed by atoms with Crippen molar-refractivity contribution in [3.63, 3.8) is 0 Å². The number of morpholine rings is 1. The van der Waals surface area contributed by atoms with Crippen LogP contribution in [0.5, 0.6) is 0 Å². The van der Waals surface area contributed by atoms with Crippen LogP contribution in [-0.2, 0) is 11.3 Å². The van der Waals surface area contributed by atoms with Crippen molar-refractivity contribution < 1.29 is 9.53 Å². The van der Waals surface area contributed by atoms with E-state index in [9.17, 15) is 4.79 Å². The highest BCUT2D eigenvalue weighted by atomic mass is 16.5. The van der Waals surface area contributed by atoms with Crippen LogP contribution in [0.25, 0.3) is 16.7 Å². The van der Waals surface area contributed by atoms with Crippen LogP contribution in [-0.4, -0.2) is 46.7 Å². The second-order valence-electron chi connectivity index (χ2n) is 6.21. The highest BCUT2D eigenvalue weighted by Crippen LogP contribution is 2.21. The average molecular weight is 336 g/mol. The Morgan fingerprint density at radius 2 is 1.88 bits per heavy atom. The van der Waals surface area contributed by atoms with E-state index in [1.807, 2.05) is 16.7 Å². The summed E-state index contributed by atoms with van der Waals surface area (Å²) in [7, 11) is 0. The third-order valence-corrected chi connectivity index (χ3v) is 4.57. The number of nitrogens with two attached hydrogens (primary N) is 1. The summed E-state index contributed by atoms with van der Waals surface area (Å²) in [5.74, 6) is -0.461. The van der Waals surface area contributed by atoms with Gasteiger partial charge in [0.1, 0.15) is 11.8 Å². The first kappa shape index (κ1) is 15.8. The van der Waals surface area contributed by atoms with Gasteiger partial charge in [0.05, 0.1) is 24.3 Å². The predicted octanol–water partition coefficient (Wildman–Crippen LogP) is 1.96. The molecule has 0 aliphatic carbocycles. The lowest BCUT2D eigenvalue weighted by molar-refractivity contribution is 0.0342. The molecule has 6 nitrogen and oxygen atoms in total. The smallest absolute Gasteiger partial charge is 0.250 e. The molecule has 0 bridgehead atoms. The van der Waals surface area contributed by atoms with E-state index in [1.165, 1.54) is 5.56 Å². The van der Waals surface area contributed by atoms with Crippen LogP contribution in [0, 0.1) is 0 Å². The monoisotopic (exact) mass is 336 g/mol. The van der Waals surface area contributed by atoms with Gasteiger partial charge in [-0.25, -0.2) is 4.98 Å². The van der Waals surface area contributed by atoms with Gasteiger partial charge in [0.15, 0.2) is 0 Å². The molecular formula is C19H20N4O2. The summed E-state index contributed by atoms with van der Waals surface area (Å²) in [6.07, 6.45) is 1.73. The molecule has 1 aromatic heterocycles. The number of carbonyl (C=O) groups excluding carboxylic acids is 1. The van der Waals surface area contributed by atoms with Crippen molar-refractivity contribution in [2.75, 3.05) is 26.3 Å². The zero-order chi connectivity index (χ0) is 17.2. The van der Waals surface area contributed by atoms with Crippen molar-refractivity contribution in [3.05, 3.63) is 59.9 Å². The Kier molecular flexibility index (Phi) is 4.21. The molecule has 1 aliphatic heterocycles. The van der Waals surface area contributed by atoms with E-state index >= 15 is 0 Å². The molecule has 2 N–H and O–H groups in total. The molecule has 1 amide bonds. The van der Waals surface area contributed by atoms with E-state index in [0.29, 0.717) is 11.1 Å². The van der Waals surface area contributed by atoms with E-state index in [4.69, 9.17) is 10.5 Å². The van der Waals surface area contributed by atoms with Crippen molar-refractivity contribution in [1.82, 2.24) is 14.5 Å². The normalized spacial score (nSPS) is 15.5. The van der Waals surface area contributed by atoms with Crippen LogP contribution in [0.1, 0.15) is 15.9 Å². The van der Waals surface area contributed by atoms with E-state index in [2.05, 4.69) is 34.1 Å². The summed E-state index contributed by atoms with van der Waals surface area (Å²) >= 11 is 0. The zero-order valence-corrected chi connectivity index (χ0v) is 13.9. The maximum atomic E-state index is 11.6. The predicted molar refractivity (Wildman–Crippen MR) is 95.7 cm³/mol. The summed E-state index contributed by atoms with van der Waals surface area (Å²) in [6, 6.07) is 13.9. The van der Waals surface area contributed by atoms with Gasteiger partial charge in [-0.1, -0.05) is 18.2 Å². The molecule has 6 heteroatoms. The number of fused-ring (bicyclic) bond motifs is 1. The molecule has 2 heterocycles. The summed E-state index contributed by atoms with van der Waals surface area (Å²) in [5.41, 5.74) is 9.66. The number of rotatable bonds is 4. The Balaban J connectivity index is 1.61. The highest BCUT2D eigenvalue weighted by Gasteiger charge is 2.13.